The van der Waals surface area contributed by atoms with Crippen LogP contribution in [-0.4, -0.2) is 30.2 Å². The highest BCUT2D eigenvalue weighted by molar-refractivity contribution is 4.77. The van der Waals surface area contributed by atoms with Gasteiger partial charge >= 0.3 is 0 Å². The van der Waals surface area contributed by atoms with Gasteiger partial charge in [0.2, 0.25) is 0 Å². The van der Waals surface area contributed by atoms with Gasteiger partial charge in [-0.2, -0.15) is 0 Å². The van der Waals surface area contributed by atoms with Crippen molar-refractivity contribution in [1.82, 2.24) is 0 Å². The lowest BCUT2D eigenvalue weighted by Gasteiger charge is -2.45. The van der Waals surface area contributed by atoms with Gasteiger partial charge in [-0.05, 0) is 50.7 Å². The molecule has 1 aliphatic carbocycles. The minimum Gasteiger partial charge on any atom is -0.315 e. The van der Waals surface area contributed by atoms with Crippen LogP contribution in [0.15, 0.2) is 25.3 Å². The highest BCUT2D eigenvalue weighted by atomic mass is 15.4. The van der Waals surface area contributed by atoms with Gasteiger partial charge in [0.05, 0.1) is 25.7 Å². The Bertz CT molecular complexity index is 397. The third kappa shape index (κ3) is 13.6. The number of hydrogen-bond acceptors (Lipinski definition) is 0. The Kier molecular flexibility index (Phi) is 18.4. The number of quaternary nitrogens is 1. The van der Waals surface area contributed by atoms with Crippen LogP contribution < -0.4 is 0 Å². The zero-order valence-corrected chi connectivity index (χ0v) is 21.6. The highest BCUT2D eigenvalue weighted by Crippen LogP contribution is 2.29. The molecule has 0 unspecified atom stereocenters. The highest BCUT2D eigenvalue weighted by Gasteiger charge is 2.35. The van der Waals surface area contributed by atoms with Crippen molar-refractivity contribution in [3.63, 3.8) is 0 Å². The Morgan fingerprint density at radius 2 is 0.968 bits per heavy atom. The van der Waals surface area contributed by atoms with Crippen LogP contribution in [0.3, 0.4) is 0 Å². The molecule has 0 bridgehead atoms. The predicted molar refractivity (Wildman–Crippen MR) is 142 cm³/mol. The molecule has 1 saturated carbocycles. The van der Waals surface area contributed by atoms with Crippen molar-refractivity contribution in [2.24, 2.45) is 0 Å². The van der Waals surface area contributed by atoms with Crippen molar-refractivity contribution in [2.75, 3.05) is 19.6 Å². The van der Waals surface area contributed by atoms with Crippen LogP contribution in [0.5, 0.6) is 0 Å². The molecule has 0 amide bonds. The zero-order chi connectivity index (χ0) is 22.5. The Balaban J connectivity index is 2.03. The Labute approximate surface area is 197 Å². The number of unbranched alkanes of at least 4 members (excludes halogenated alkanes) is 15. The monoisotopic (exact) mass is 432 g/mol. The van der Waals surface area contributed by atoms with E-state index in [1.165, 1.54) is 146 Å². The van der Waals surface area contributed by atoms with Gasteiger partial charge in [0, 0.05) is 0 Å². The van der Waals surface area contributed by atoms with E-state index in [9.17, 15) is 0 Å². The summed E-state index contributed by atoms with van der Waals surface area (Å²) in [5, 5.41) is 0. The second kappa shape index (κ2) is 20.1. The topological polar surface area (TPSA) is 0 Å². The molecule has 0 atom stereocenters. The number of rotatable bonds is 22. The van der Waals surface area contributed by atoms with Crippen LogP contribution >= 0.6 is 0 Å². The summed E-state index contributed by atoms with van der Waals surface area (Å²) in [6.07, 6.45) is 34.6. The molecule has 0 spiro atoms. The van der Waals surface area contributed by atoms with Crippen LogP contribution in [0.2, 0.25) is 0 Å². The van der Waals surface area contributed by atoms with Crippen molar-refractivity contribution in [1.29, 1.82) is 0 Å². The lowest BCUT2D eigenvalue weighted by molar-refractivity contribution is -0.942. The molecule has 0 saturated heterocycles. The summed E-state index contributed by atoms with van der Waals surface area (Å²) < 4.78 is 1.24. The molecule has 0 heterocycles. The van der Waals surface area contributed by atoms with Gasteiger partial charge in [0.25, 0.3) is 0 Å². The largest absolute Gasteiger partial charge is 0.315 e. The maximum atomic E-state index is 4.10. The molecular weight excluding hydrogens is 374 g/mol. The van der Waals surface area contributed by atoms with Gasteiger partial charge in [-0.15, -0.1) is 0 Å². The molecule has 0 aromatic rings. The summed E-state index contributed by atoms with van der Waals surface area (Å²) >= 11 is 0. The molecule has 1 fully saturated rings. The first-order valence-corrected chi connectivity index (χ1v) is 14.4. The van der Waals surface area contributed by atoms with Crippen LogP contribution in [0, 0.1) is 0 Å². The molecule has 1 heteroatoms. The van der Waals surface area contributed by atoms with Crippen LogP contribution in [-0.2, 0) is 0 Å². The first-order valence-electron chi connectivity index (χ1n) is 14.4. The molecular formula is C30H58N+. The van der Waals surface area contributed by atoms with Gasteiger partial charge in [-0.3, -0.25) is 0 Å². The quantitative estimate of drug-likeness (QED) is 0.0906. The lowest BCUT2D eigenvalue weighted by Crippen LogP contribution is -2.56. The zero-order valence-electron chi connectivity index (χ0n) is 21.6. The van der Waals surface area contributed by atoms with E-state index in [0.29, 0.717) is 0 Å². The summed E-state index contributed by atoms with van der Waals surface area (Å²) in [5.41, 5.74) is 0. The molecule has 0 N–H and O–H groups in total. The Morgan fingerprint density at radius 3 is 1.35 bits per heavy atom. The van der Waals surface area contributed by atoms with Gasteiger partial charge in [0.1, 0.15) is 0 Å². The fourth-order valence-corrected chi connectivity index (χ4v) is 5.86. The summed E-state index contributed by atoms with van der Waals surface area (Å²) in [4.78, 5) is 0. The van der Waals surface area contributed by atoms with Crippen LogP contribution in [0.1, 0.15) is 142 Å². The van der Waals surface area contributed by atoms with Crippen molar-refractivity contribution >= 4 is 0 Å². The van der Waals surface area contributed by atoms with E-state index in [0.717, 1.165) is 19.1 Å². The van der Waals surface area contributed by atoms with E-state index in [-0.39, 0.29) is 0 Å². The van der Waals surface area contributed by atoms with Crippen molar-refractivity contribution in [3.8, 4) is 0 Å². The lowest BCUT2D eigenvalue weighted by atomic mass is 9.91. The fourth-order valence-electron chi connectivity index (χ4n) is 5.86. The minimum atomic E-state index is 0.848. The first kappa shape index (κ1) is 28.5. The summed E-state index contributed by atoms with van der Waals surface area (Å²) in [6.45, 7) is 14.1. The molecule has 0 radical (unpaired) electrons. The van der Waals surface area contributed by atoms with Gasteiger partial charge < -0.3 is 4.48 Å². The van der Waals surface area contributed by atoms with Crippen LogP contribution in [0.4, 0.5) is 0 Å². The standard InChI is InChI=1S/C30H58N/c1-4-7-8-9-10-11-12-13-14-15-16-17-18-19-20-24-29-31(27-5-2,28-6-3)30-25-22-21-23-26-30/h5-6,30H,2-4,7-29H2,1H3/q+1. The number of hydrogen-bond donors (Lipinski definition) is 0. The summed E-state index contributed by atoms with van der Waals surface area (Å²) in [5.74, 6) is 0. The minimum absolute atomic E-state index is 0.848. The van der Waals surface area contributed by atoms with E-state index < -0.39 is 0 Å². The van der Waals surface area contributed by atoms with Crippen molar-refractivity contribution < 1.29 is 4.48 Å². The average Bonchev–Trinajstić information content (AvgIpc) is 2.79. The molecule has 182 valence electrons. The molecule has 31 heavy (non-hydrogen) atoms. The van der Waals surface area contributed by atoms with E-state index in [1.54, 1.807) is 0 Å². The SMILES string of the molecule is C=CC[N+](CC=C)(CCCCCCCCCCCCCCCCCC)C1CCCCC1. The molecule has 0 aliphatic heterocycles. The molecule has 1 nitrogen and oxygen atoms in total. The average molecular weight is 433 g/mol. The molecule has 1 aliphatic rings. The maximum Gasteiger partial charge on any atom is 0.0975 e. The second-order valence-corrected chi connectivity index (χ2v) is 10.5. The van der Waals surface area contributed by atoms with Gasteiger partial charge in [-0.1, -0.05) is 116 Å². The van der Waals surface area contributed by atoms with Crippen LogP contribution in [0.25, 0.3) is 0 Å². The Morgan fingerprint density at radius 1 is 0.581 bits per heavy atom. The molecule has 0 aromatic carbocycles. The summed E-state index contributed by atoms with van der Waals surface area (Å²) in [7, 11) is 0. The number of nitrogens with zero attached hydrogens (tertiary/aromatic N) is 1. The van der Waals surface area contributed by atoms with Gasteiger partial charge in [-0.25, -0.2) is 0 Å². The van der Waals surface area contributed by atoms with E-state index >= 15 is 0 Å². The second-order valence-electron chi connectivity index (χ2n) is 10.5. The normalized spacial score (nSPS) is 15.3. The van der Waals surface area contributed by atoms with Gasteiger partial charge in [0.15, 0.2) is 0 Å². The summed E-state index contributed by atoms with van der Waals surface area (Å²) in [6, 6.07) is 0.848. The smallest absolute Gasteiger partial charge is 0.0975 e. The Hall–Kier alpha value is -0.560. The maximum absolute atomic E-state index is 4.10. The molecule has 1 rings (SSSR count). The third-order valence-corrected chi connectivity index (χ3v) is 7.79. The fraction of sp³-hybridized carbons (Fsp3) is 0.867. The van der Waals surface area contributed by atoms with E-state index in [4.69, 9.17) is 0 Å². The van der Waals surface area contributed by atoms with E-state index in [2.05, 4.69) is 32.2 Å². The predicted octanol–water partition coefficient (Wildman–Crippen LogP) is 9.77. The molecule has 0 aromatic heterocycles. The van der Waals surface area contributed by atoms with Crippen molar-refractivity contribution in [2.45, 2.75) is 148 Å². The van der Waals surface area contributed by atoms with Crippen molar-refractivity contribution in [3.05, 3.63) is 25.3 Å². The van der Waals surface area contributed by atoms with E-state index in [1.807, 2.05) is 0 Å². The first-order chi connectivity index (χ1) is 15.3. The third-order valence-electron chi connectivity index (χ3n) is 7.79.